The minimum Gasteiger partial charge on any atom is -0.497 e. The molecular formula is C19H32N4O2. The average Bonchev–Trinajstić information content (AvgIpc) is 2.67. The summed E-state index contributed by atoms with van der Waals surface area (Å²) in [4.78, 5) is 7.29. The Balaban J connectivity index is 2.14. The van der Waals surface area contributed by atoms with Crippen molar-refractivity contribution in [3.05, 3.63) is 29.8 Å². The van der Waals surface area contributed by atoms with E-state index in [-0.39, 0.29) is 12.6 Å². The second kappa shape index (κ2) is 10.9. The minimum atomic E-state index is 0.0957. The summed E-state index contributed by atoms with van der Waals surface area (Å²) in [5.74, 6) is 1.63. The lowest BCUT2D eigenvalue weighted by molar-refractivity contribution is 0.167. The van der Waals surface area contributed by atoms with E-state index in [4.69, 9.17) is 14.8 Å². The molecule has 6 heteroatoms. The zero-order chi connectivity index (χ0) is 17.9. The number of likely N-dealkylation sites (tertiary alicyclic amines) is 1. The van der Waals surface area contributed by atoms with Crippen LogP contribution in [0.3, 0.4) is 0 Å². The highest BCUT2D eigenvalue weighted by atomic mass is 16.5. The molecule has 140 valence electrons. The molecule has 0 aliphatic carbocycles. The van der Waals surface area contributed by atoms with Crippen molar-refractivity contribution in [2.45, 2.75) is 32.2 Å². The smallest absolute Gasteiger partial charge is 0.191 e. The van der Waals surface area contributed by atoms with Crippen molar-refractivity contribution in [2.75, 3.05) is 46.4 Å². The number of piperidine rings is 1. The van der Waals surface area contributed by atoms with Gasteiger partial charge in [0.25, 0.3) is 0 Å². The first-order valence-corrected chi connectivity index (χ1v) is 9.29. The molecule has 1 aliphatic rings. The van der Waals surface area contributed by atoms with Gasteiger partial charge < -0.3 is 20.5 Å². The standard InChI is InChI=1S/C19H32N4O2/c1-3-20-19(21-11-14-24)22-15-18(23-12-5-4-6-13-23)16-7-9-17(25-2)10-8-16/h7-10,18,24H,3-6,11-15H2,1-2H3,(H2,20,21,22). The summed E-state index contributed by atoms with van der Waals surface area (Å²) in [5.41, 5.74) is 1.27. The molecule has 1 saturated heterocycles. The summed E-state index contributed by atoms with van der Waals surface area (Å²) in [7, 11) is 1.69. The van der Waals surface area contributed by atoms with Crippen molar-refractivity contribution in [3.63, 3.8) is 0 Å². The van der Waals surface area contributed by atoms with E-state index < -0.39 is 0 Å². The van der Waals surface area contributed by atoms with Crippen LogP contribution in [0.5, 0.6) is 5.75 Å². The van der Waals surface area contributed by atoms with E-state index in [2.05, 4.69) is 27.7 Å². The Labute approximate surface area is 151 Å². The van der Waals surface area contributed by atoms with Crippen LogP contribution in [0.4, 0.5) is 0 Å². The predicted octanol–water partition coefficient (Wildman–Crippen LogP) is 1.77. The first-order chi connectivity index (χ1) is 12.3. The Bertz CT molecular complexity index is 513. The summed E-state index contributed by atoms with van der Waals surface area (Å²) < 4.78 is 5.28. The van der Waals surface area contributed by atoms with Crippen LogP contribution in [0.2, 0.25) is 0 Å². The zero-order valence-electron chi connectivity index (χ0n) is 15.5. The van der Waals surface area contributed by atoms with Crippen LogP contribution in [0.15, 0.2) is 29.3 Å². The Morgan fingerprint density at radius 3 is 2.52 bits per heavy atom. The molecule has 6 nitrogen and oxygen atoms in total. The van der Waals surface area contributed by atoms with Crippen molar-refractivity contribution in [3.8, 4) is 5.75 Å². The fourth-order valence-electron chi connectivity index (χ4n) is 3.18. The molecule has 1 fully saturated rings. The van der Waals surface area contributed by atoms with Crippen LogP contribution < -0.4 is 15.4 Å². The van der Waals surface area contributed by atoms with Crippen LogP contribution in [0, 0.1) is 0 Å². The largest absolute Gasteiger partial charge is 0.497 e. The van der Waals surface area contributed by atoms with E-state index >= 15 is 0 Å². The van der Waals surface area contributed by atoms with Crippen molar-refractivity contribution in [1.29, 1.82) is 0 Å². The number of aliphatic imine (C=N–C) groups is 1. The number of aliphatic hydroxyl groups excluding tert-OH is 1. The van der Waals surface area contributed by atoms with Crippen molar-refractivity contribution in [1.82, 2.24) is 15.5 Å². The molecule has 1 aromatic rings. The van der Waals surface area contributed by atoms with Gasteiger partial charge in [-0.2, -0.15) is 0 Å². The summed E-state index contributed by atoms with van der Waals surface area (Å²) in [6.45, 7) is 6.36. The van der Waals surface area contributed by atoms with Crippen molar-refractivity contribution < 1.29 is 9.84 Å². The van der Waals surface area contributed by atoms with Crippen molar-refractivity contribution in [2.24, 2.45) is 4.99 Å². The molecular weight excluding hydrogens is 316 g/mol. The highest BCUT2D eigenvalue weighted by Gasteiger charge is 2.22. The van der Waals surface area contributed by atoms with Gasteiger partial charge in [-0.3, -0.25) is 9.89 Å². The fraction of sp³-hybridized carbons (Fsp3) is 0.632. The van der Waals surface area contributed by atoms with E-state index in [1.54, 1.807) is 7.11 Å². The number of hydrogen-bond donors (Lipinski definition) is 3. The maximum absolute atomic E-state index is 9.03. The van der Waals surface area contributed by atoms with Gasteiger partial charge in [-0.15, -0.1) is 0 Å². The van der Waals surface area contributed by atoms with Gasteiger partial charge >= 0.3 is 0 Å². The second-order valence-corrected chi connectivity index (χ2v) is 6.26. The molecule has 1 atom stereocenters. The minimum absolute atomic E-state index is 0.0957. The third kappa shape index (κ3) is 6.21. The zero-order valence-corrected chi connectivity index (χ0v) is 15.5. The number of rotatable bonds is 8. The molecule has 0 bridgehead atoms. The quantitative estimate of drug-likeness (QED) is 0.493. The van der Waals surface area contributed by atoms with Crippen LogP contribution >= 0.6 is 0 Å². The van der Waals surface area contributed by atoms with Gasteiger partial charge in [-0.1, -0.05) is 18.6 Å². The molecule has 25 heavy (non-hydrogen) atoms. The summed E-state index contributed by atoms with van der Waals surface area (Å²) in [6.07, 6.45) is 3.81. The molecule has 0 aromatic heterocycles. The molecule has 1 aromatic carbocycles. The van der Waals surface area contributed by atoms with Crippen molar-refractivity contribution >= 4 is 5.96 Å². The fourth-order valence-corrected chi connectivity index (χ4v) is 3.18. The number of ether oxygens (including phenoxy) is 1. The summed E-state index contributed by atoms with van der Waals surface area (Å²) in [6, 6.07) is 8.58. The molecule has 3 N–H and O–H groups in total. The highest BCUT2D eigenvalue weighted by Crippen LogP contribution is 2.26. The van der Waals surface area contributed by atoms with Crippen LogP contribution in [0.1, 0.15) is 37.8 Å². The Hall–Kier alpha value is -1.79. The Morgan fingerprint density at radius 1 is 1.20 bits per heavy atom. The van der Waals surface area contributed by atoms with Gasteiger partial charge in [0.15, 0.2) is 5.96 Å². The van der Waals surface area contributed by atoms with Gasteiger partial charge in [-0.25, -0.2) is 0 Å². The van der Waals surface area contributed by atoms with Gasteiger partial charge in [0.1, 0.15) is 5.75 Å². The van der Waals surface area contributed by atoms with E-state index in [1.807, 2.05) is 19.1 Å². The monoisotopic (exact) mass is 348 g/mol. The van der Waals surface area contributed by atoms with E-state index in [1.165, 1.54) is 24.8 Å². The number of aliphatic hydroxyl groups is 1. The van der Waals surface area contributed by atoms with Gasteiger partial charge in [0.2, 0.25) is 0 Å². The molecule has 1 heterocycles. The summed E-state index contributed by atoms with van der Waals surface area (Å²) in [5, 5.41) is 15.4. The normalized spacial score (nSPS) is 17.2. The number of guanidine groups is 1. The number of nitrogens with zero attached hydrogens (tertiary/aromatic N) is 2. The third-order valence-electron chi connectivity index (χ3n) is 4.50. The van der Waals surface area contributed by atoms with Gasteiger partial charge in [0.05, 0.1) is 26.3 Å². The van der Waals surface area contributed by atoms with E-state index in [0.29, 0.717) is 13.1 Å². The second-order valence-electron chi connectivity index (χ2n) is 6.26. The van der Waals surface area contributed by atoms with E-state index in [9.17, 15) is 0 Å². The molecule has 0 radical (unpaired) electrons. The topological polar surface area (TPSA) is 69.1 Å². The average molecular weight is 348 g/mol. The van der Waals surface area contributed by atoms with Crippen LogP contribution in [0.25, 0.3) is 0 Å². The van der Waals surface area contributed by atoms with Gasteiger partial charge in [-0.05, 0) is 50.6 Å². The van der Waals surface area contributed by atoms with Gasteiger partial charge in [0, 0.05) is 13.1 Å². The first-order valence-electron chi connectivity index (χ1n) is 9.29. The number of hydrogen-bond acceptors (Lipinski definition) is 4. The number of nitrogens with one attached hydrogen (secondary N) is 2. The predicted molar refractivity (Wildman–Crippen MR) is 102 cm³/mol. The Kier molecular flexibility index (Phi) is 8.55. The lowest BCUT2D eigenvalue weighted by atomic mass is 10.0. The molecule has 0 saturated carbocycles. The highest BCUT2D eigenvalue weighted by molar-refractivity contribution is 5.79. The molecule has 0 spiro atoms. The summed E-state index contributed by atoms with van der Waals surface area (Å²) >= 11 is 0. The maximum Gasteiger partial charge on any atom is 0.191 e. The molecule has 0 amide bonds. The third-order valence-corrected chi connectivity index (χ3v) is 4.50. The van der Waals surface area contributed by atoms with Crippen LogP contribution in [-0.2, 0) is 0 Å². The van der Waals surface area contributed by atoms with E-state index in [0.717, 1.165) is 31.3 Å². The Morgan fingerprint density at radius 2 is 1.92 bits per heavy atom. The SMILES string of the molecule is CCNC(=NCC(c1ccc(OC)cc1)N1CCCCC1)NCCO. The molecule has 1 aliphatic heterocycles. The maximum atomic E-state index is 9.03. The number of methoxy groups -OCH3 is 1. The number of benzene rings is 1. The molecule has 2 rings (SSSR count). The first kappa shape index (κ1) is 19.5. The lowest BCUT2D eigenvalue weighted by Crippen LogP contribution is -2.40. The van der Waals surface area contributed by atoms with Crippen LogP contribution in [-0.4, -0.2) is 62.4 Å². The lowest BCUT2D eigenvalue weighted by Gasteiger charge is -2.34. The molecule has 1 unspecified atom stereocenters.